The molecule has 1 aromatic carbocycles. The number of ketones is 1. The largest absolute Gasteiger partial charge is 0.496 e. The average Bonchev–Trinajstić information content (AvgIpc) is 2.16. The fourth-order valence-corrected chi connectivity index (χ4v) is 1.88. The van der Waals surface area contributed by atoms with Crippen LogP contribution in [0.15, 0.2) is 18.2 Å². The van der Waals surface area contributed by atoms with Crippen LogP contribution >= 0.6 is 0 Å². The molecule has 0 aliphatic heterocycles. The molecule has 1 atom stereocenters. The van der Waals surface area contributed by atoms with Gasteiger partial charge < -0.3 is 4.74 Å². The summed E-state index contributed by atoms with van der Waals surface area (Å²) < 4.78 is 5.17. The maximum atomic E-state index is 11.3. The number of carbonyl (C=O) groups excluding carboxylic acids is 1. The minimum absolute atomic E-state index is 0.152. The summed E-state index contributed by atoms with van der Waals surface area (Å²) in [5.41, 5.74) is 2.24. The molecule has 1 unspecified atom stereocenters. The first kappa shape index (κ1) is 9.25. The summed E-state index contributed by atoms with van der Waals surface area (Å²) in [6.07, 6.45) is 1.75. The highest BCUT2D eigenvalue weighted by atomic mass is 16.5. The summed E-state index contributed by atoms with van der Waals surface area (Å²) in [6.45, 7) is 2.01. The van der Waals surface area contributed by atoms with E-state index in [2.05, 4.69) is 6.07 Å². The van der Waals surface area contributed by atoms with Gasteiger partial charge in [0.2, 0.25) is 0 Å². The van der Waals surface area contributed by atoms with Gasteiger partial charge in [-0.2, -0.15) is 0 Å². The summed E-state index contributed by atoms with van der Waals surface area (Å²) in [4.78, 5) is 11.3. The van der Waals surface area contributed by atoms with Gasteiger partial charge in [-0.1, -0.05) is 12.1 Å². The van der Waals surface area contributed by atoms with Gasteiger partial charge in [-0.3, -0.25) is 4.79 Å². The zero-order valence-corrected chi connectivity index (χ0v) is 8.54. The Hall–Kier alpha value is -1.31. The van der Waals surface area contributed by atoms with Crippen molar-refractivity contribution in [2.24, 2.45) is 0 Å². The fourth-order valence-electron chi connectivity index (χ4n) is 1.88. The number of Topliss-reactive ketones (excluding diaryl/α,β-unsaturated/α-hetero) is 1. The second-order valence-corrected chi connectivity index (χ2v) is 3.79. The zero-order chi connectivity index (χ0) is 10.1. The van der Waals surface area contributed by atoms with Crippen LogP contribution in [-0.4, -0.2) is 12.9 Å². The molecule has 1 fully saturated rings. The topological polar surface area (TPSA) is 26.3 Å². The highest BCUT2D eigenvalue weighted by Gasteiger charge is 2.29. The predicted octanol–water partition coefficient (Wildman–Crippen LogP) is 2.45. The minimum Gasteiger partial charge on any atom is -0.496 e. The third kappa shape index (κ3) is 1.41. The van der Waals surface area contributed by atoms with Gasteiger partial charge in [0.25, 0.3) is 0 Å². The van der Waals surface area contributed by atoms with Gasteiger partial charge in [0.15, 0.2) is 0 Å². The van der Waals surface area contributed by atoms with Crippen molar-refractivity contribution >= 4 is 5.78 Å². The van der Waals surface area contributed by atoms with Gasteiger partial charge in [-0.15, -0.1) is 0 Å². The van der Waals surface area contributed by atoms with Crippen LogP contribution in [0.2, 0.25) is 0 Å². The third-order valence-corrected chi connectivity index (χ3v) is 2.89. The average molecular weight is 190 g/mol. The van der Waals surface area contributed by atoms with Crippen molar-refractivity contribution in [2.45, 2.75) is 25.7 Å². The van der Waals surface area contributed by atoms with Crippen molar-refractivity contribution in [3.63, 3.8) is 0 Å². The number of carbonyl (C=O) groups is 1. The molecule has 0 amide bonds. The number of rotatable bonds is 2. The van der Waals surface area contributed by atoms with Crippen LogP contribution in [0.1, 0.15) is 29.9 Å². The maximum Gasteiger partial charge on any atom is 0.140 e. The number of hydrogen-bond donors (Lipinski definition) is 0. The van der Waals surface area contributed by atoms with Gasteiger partial charge in [0.05, 0.1) is 7.11 Å². The lowest BCUT2D eigenvalue weighted by Crippen LogP contribution is -2.23. The molecule has 1 aliphatic rings. The second kappa shape index (κ2) is 3.45. The number of aryl methyl sites for hydroxylation is 1. The Bertz CT molecular complexity index is 369. The first-order chi connectivity index (χ1) is 6.72. The Labute approximate surface area is 83.9 Å². The number of ether oxygens (including phenoxy) is 1. The molecule has 1 saturated carbocycles. The maximum absolute atomic E-state index is 11.3. The van der Waals surface area contributed by atoms with Crippen molar-refractivity contribution in [3.8, 4) is 5.75 Å². The lowest BCUT2D eigenvalue weighted by molar-refractivity contribution is -0.125. The zero-order valence-electron chi connectivity index (χ0n) is 8.54. The normalized spacial score (nSPS) is 20.4. The molecule has 0 N–H and O–H groups in total. The molecule has 0 spiro atoms. The molecular weight excluding hydrogens is 176 g/mol. The van der Waals surface area contributed by atoms with Crippen molar-refractivity contribution in [1.29, 1.82) is 0 Å². The lowest BCUT2D eigenvalue weighted by atomic mass is 9.78. The molecule has 0 bridgehead atoms. The van der Waals surface area contributed by atoms with E-state index >= 15 is 0 Å². The standard InChI is InChI=1S/C12H14O2/c1-8-7-9(3-6-12(8)14-2)10-4-5-11(10)13/h3,6-7,10H,4-5H2,1-2H3. The molecule has 0 saturated heterocycles. The first-order valence-electron chi connectivity index (χ1n) is 4.89. The molecule has 14 heavy (non-hydrogen) atoms. The minimum atomic E-state index is 0.152. The Balaban J connectivity index is 2.28. The Morgan fingerprint density at radius 3 is 2.64 bits per heavy atom. The van der Waals surface area contributed by atoms with E-state index in [4.69, 9.17) is 4.74 Å². The molecule has 1 aliphatic carbocycles. The lowest BCUT2D eigenvalue weighted by Gasteiger charge is -2.24. The molecule has 0 heterocycles. The van der Waals surface area contributed by atoms with Crippen LogP contribution in [0.4, 0.5) is 0 Å². The van der Waals surface area contributed by atoms with Crippen LogP contribution < -0.4 is 4.74 Å². The summed E-state index contributed by atoms with van der Waals surface area (Å²) >= 11 is 0. The highest BCUT2D eigenvalue weighted by Crippen LogP contribution is 2.34. The van der Waals surface area contributed by atoms with Crippen molar-refractivity contribution < 1.29 is 9.53 Å². The van der Waals surface area contributed by atoms with Crippen molar-refractivity contribution in [1.82, 2.24) is 0 Å². The van der Waals surface area contributed by atoms with E-state index < -0.39 is 0 Å². The van der Waals surface area contributed by atoms with E-state index in [0.717, 1.165) is 29.7 Å². The quantitative estimate of drug-likeness (QED) is 0.716. The smallest absolute Gasteiger partial charge is 0.140 e. The fraction of sp³-hybridized carbons (Fsp3) is 0.417. The molecule has 74 valence electrons. The first-order valence-corrected chi connectivity index (χ1v) is 4.89. The number of hydrogen-bond acceptors (Lipinski definition) is 2. The predicted molar refractivity (Wildman–Crippen MR) is 54.7 cm³/mol. The van der Waals surface area contributed by atoms with Gasteiger partial charge in [-0.05, 0) is 30.5 Å². The van der Waals surface area contributed by atoms with Crippen LogP contribution in [-0.2, 0) is 4.79 Å². The van der Waals surface area contributed by atoms with Crippen molar-refractivity contribution in [3.05, 3.63) is 29.3 Å². The van der Waals surface area contributed by atoms with Crippen LogP contribution in [0.3, 0.4) is 0 Å². The van der Waals surface area contributed by atoms with E-state index in [9.17, 15) is 4.79 Å². The van der Waals surface area contributed by atoms with Gasteiger partial charge in [0.1, 0.15) is 11.5 Å². The molecule has 2 nitrogen and oxygen atoms in total. The molecule has 0 aromatic heterocycles. The molecule has 2 rings (SSSR count). The van der Waals surface area contributed by atoms with Crippen molar-refractivity contribution in [2.75, 3.05) is 7.11 Å². The SMILES string of the molecule is COc1ccc(C2CCC2=O)cc1C. The molecule has 1 aromatic rings. The van der Waals surface area contributed by atoms with E-state index in [1.165, 1.54) is 0 Å². The van der Waals surface area contributed by atoms with E-state index in [1.54, 1.807) is 7.11 Å². The molecule has 2 heteroatoms. The van der Waals surface area contributed by atoms with E-state index in [1.807, 2.05) is 19.1 Å². The Morgan fingerprint density at radius 2 is 2.21 bits per heavy atom. The van der Waals surface area contributed by atoms with Gasteiger partial charge in [-0.25, -0.2) is 0 Å². The van der Waals surface area contributed by atoms with E-state index in [-0.39, 0.29) is 5.92 Å². The third-order valence-electron chi connectivity index (χ3n) is 2.89. The Morgan fingerprint density at radius 1 is 1.43 bits per heavy atom. The number of benzene rings is 1. The van der Waals surface area contributed by atoms with Crippen LogP contribution in [0, 0.1) is 6.92 Å². The molecule has 0 radical (unpaired) electrons. The summed E-state index contributed by atoms with van der Waals surface area (Å²) in [5.74, 6) is 1.41. The molecular formula is C12H14O2. The van der Waals surface area contributed by atoms with Crippen LogP contribution in [0.25, 0.3) is 0 Å². The second-order valence-electron chi connectivity index (χ2n) is 3.79. The van der Waals surface area contributed by atoms with Gasteiger partial charge in [0, 0.05) is 12.3 Å². The Kier molecular flexibility index (Phi) is 2.28. The summed E-state index contributed by atoms with van der Waals surface area (Å²) in [7, 11) is 1.66. The van der Waals surface area contributed by atoms with Gasteiger partial charge >= 0.3 is 0 Å². The monoisotopic (exact) mass is 190 g/mol. The number of methoxy groups -OCH3 is 1. The summed E-state index contributed by atoms with van der Waals surface area (Å²) in [5, 5.41) is 0. The van der Waals surface area contributed by atoms with E-state index in [0.29, 0.717) is 5.78 Å². The summed E-state index contributed by atoms with van der Waals surface area (Å²) in [6, 6.07) is 5.99. The van der Waals surface area contributed by atoms with Crippen LogP contribution in [0.5, 0.6) is 5.75 Å². The highest BCUT2D eigenvalue weighted by molar-refractivity contribution is 5.91.